The number of benzene rings is 2. The van der Waals surface area contributed by atoms with Crippen LogP contribution in [0.1, 0.15) is 30.5 Å². The van der Waals surface area contributed by atoms with Crippen molar-refractivity contribution in [1.29, 1.82) is 0 Å². The standard InChI is InChI=1S/C17H21NO/c1-2-8-15-11-6-7-12-17(15)19-13-16(18)14-9-4-3-5-10-14/h3-7,9-12,16H,2,8,13,18H2,1H3. The summed E-state index contributed by atoms with van der Waals surface area (Å²) in [6.45, 7) is 2.68. The van der Waals surface area contributed by atoms with Crippen molar-refractivity contribution >= 4 is 0 Å². The van der Waals surface area contributed by atoms with E-state index in [4.69, 9.17) is 10.5 Å². The molecule has 2 heteroatoms. The van der Waals surface area contributed by atoms with Gasteiger partial charge in [0.15, 0.2) is 0 Å². The Kier molecular flexibility index (Phi) is 4.99. The molecule has 2 aromatic rings. The zero-order valence-corrected chi connectivity index (χ0v) is 11.4. The number of aryl methyl sites for hydroxylation is 1. The fourth-order valence-electron chi connectivity index (χ4n) is 2.10. The van der Waals surface area contributed by atoms with E-state index < -0.39 is 0 Å². The molecule has 0 saturated heterocycles. The number of para-hydroxylation sites is 1. The van der Waals surface area contributed by atoms with E-state index in [2.05, 4.69) is 19.1 Å². The second kappa shape index (κ2) is 6.95. The number of ether oxygens (including phenoxy) is 1. The Morgan fingerprint density at radius 1 is 1.00 bits per heavy atom. The Bertz CT molecular complexity index is 496. The molecule has 0 bridgehead atoms. The zero-order valence-electron chi connectivity index (χ0n) is 11.4. The number of rotatable bonds is 6. The Morgan fingerprint density at radius 2 is 1.68 bits per heavy atom. The van der Waals surface area contributed by atoms with Crippen LogP contribution in [0.5, 0.6) is 5.75 Å². The summed E-state index contributed by atoms with van der Waals surface area (Å²) in [5.74, 6) is 0.954. The molecule has 19 heavy (non-hydrogen) atoms. The van der Waals surface area contributed by atoms with Crippen LogP contribution in [0.3, 0.4) is 0 Å². The molecule has 100 valence electrons. The SMILES string of the molecule is CCCc1ccccc1OCC(N)c1ccccc1. The number of hydrogen-bond acceptors (Lipinski definition) is 2. The van der Waals surface area contributed by atoms with Gasteiger partial charge in [0.2, 0.25) is 0 Å². The van der Waals surface area contributed by atoms with Gasteiger partial charge in [-0.3, -0.25) is 0 Å². The number of hydrogen-bond donors (Lipinski definition) is 1. The fourth-order valence-corrected chi connectivity index (χ4v) is 2.10. The third kappa shape index (κ3) is 3.83. The van der Waals surface area contributed by atoms with E-state index in [0.717, 1.165) is 24.2 Å². The predicted octanol–water partition coefficient (Wildman–Crippen LogP) is 3.72. The third-order valence-corrected chi connectivity index (χ3v) is 3.14. The van der Waals surface area contributed by atoms with Gasteiger partial charge in [0, 0.05) is 0 Å². The highest BCUT2D eigenvalue weighted by molar-refractivity contribution is 5.33. The normalized spacial score (nSPS) is 12.1. The van der Waals surface area contributed by atoms with Gasteiger partial charge in [-0.05, 0) is 23.6 Å². The summed E-state index contributed by atoms with van der Waals surface area (Å²) in [6, 6.07) is 18.2. The first kappa shape index (κ1) is 13.6. The Hall–Kier alpha value is -1.80. The minimum Gasteiger partial charge on any atom is -0.491 e. The number of nitrogens with two attached hydrogens (primary N) is 1. The van der Waals surface area contributed by atoms with Crippen molar-refractivity contribution in [3.8, 4) is 5.75 Å². The molecule has 2 N–H and O–H groups in total. The highest BCUT2D eigenvalue weighted by Gasteiger charge is 2.08. The maximum atomic E-state index is 6.14. The molecule has 2 aromatic carbocycles. The van der Waals surface area contributed by atoms with E-state index in [-0.39, 0.29) is 6.04 Å². The highest BCUT2D eigenvalue weighted by atomic mass is 16.5. The first-order valence-electron chi connectivity index (χ1n) is 6.82. The molecule has 0 fully saturated rings. The summed E-state index contributed by atoms with van der Waals surface area (Å²) in [6.07, 6.45) is 2.15. The van der Waals surface area contributed by atoms with E-state index in [1.807, 2.05) is 42.5 Å². The summed E-state index contributed by atoms with van der Waals surface area (Å²) in [4.78, 5) is 0. The lowest BCUT2D eigenvalue weighted by Gasteiger charge is -2.15. The smallest absolute Gasteiger partial charge is 0.122 e. The van der Waals surface area contributed by atoms with Crippen LogP contribution in [0.4, 0.5) is 0 Å². The molecule has 0 aromatic heterocycles. The van der Waals surface area contributed by atoms with Crippen molar-refractivity contribution < 1.29 is 4.74 Å². The molecular weight excluding hydrogens is 234 g/mol. The molecule has 0 aliphatic rings. The van der Waals surface area contributed by atoms with Crippen molar-refractivity contribution in [2.75, 3.05) is 6.61 Å². The monoisotopic (exact) mass is 255 g/mol. The molecule has 0 heterocycles. The topological polar surface area (TPSA) is 35.2 Å². The van der Waals surface area contributed by atoms with Crippen LogP contribution in [-0.2, 0) is 6.42 Å². The van der Waals surface area contributed by atoms with E-state index >= 15 is 0 Å². The van der Waals surface area contributed by atoms with Crippen LogP contribution < -0.4 is 10.5 Å². The molecular formula is C17H21NO. The molecule has 1 unspecified atom stereocenters. The summed E-state index contributed by atoms with van der Waals surface area (Å²) >= 11 is 0. The molecule has 0 radical (unpaired) electrons. The fraction of sp³-hybridized carbons (Fsp3) is 0.294. The van der Waals surface area contributed by atoms with Gasteiger partial charge < -0.3 is 10.5 Å². The van der Waals surface area contributed by atoms with E-state index in [0.29, 0.717) is 6.61 Å². The van der Waals surface area contributed by atoms with E-state index in [9.17, 15) is 0 Å². The lowest BCUT2D eigenvalue weighted by molar-refractivity contribution is 0.288. The van der Waals surface area contributed by atoms with Crippen molar-refractivity contribution in [2.24, 2.45) is 5.73 Å². The summed E-state index contributed by atoms with van der Waals surface area (Å²) in [5.41, 5.74) is 8.50. The van der Waals surface area contributed by atoms with Gasteiger partial charge in [0.25, 0.3) is 0 Å². The quantitative estimate of drug-likeness (QED) is 0.854. The molecule has 0 saturated carbocycles. The Balaban J connectivity index is 1.99. The molecule has 0 amide bonds. The molecule has 0 aliphatic carbocycles. The van der Waals surface area contributed by atoms with Crippen molar-refractivity contribution in [2.45, 2.75) is 25.8 Å². The second-order valence-electron chi connectivity index (χ2n) is 4.69. The zero-order chi connectivity index (χ0) is 13.5. The van der Waals surface area contributed by atoms with Gasteiger partial charge in [-0.2, -0.15) is 0 Å². The average molecular weight is 255 g/mol. The summed E-state index contributed by atoms with van der Waals surface area (Å²) in [7, 11) is 0. The van der Waals surface area contributed by atoms with E-state index in [1.165, 1.54) is 5.56 Å². The van der Waals surface area contributed by atoms with Crippen LogP contribution in [0.15, 0.2) is 54.6 Å². The maximum Gasteiger partial charge on any atom is 0.122 e. The van der Waals surface area contributed by atoms with Gasteiger partial charge in [0.05, 0.1) is 6.04 Å². The minimum absolute atomic E-state index is 0.0871. The third-order valence-electron chi connectivity index (χ3n) is 3.14. The van der Waals surface area contributed by atoms with Crippen LogP contribution in [0, 0.1) is 0 Å². The molecule has 0 aliphatic heterocycles. The largest absolute Gasteiger partial charge is 0.491 e. The van der Waals surface area contributed by atoms with Gasteiger partial charge in [-0.15, -0.1) is 0 Å². The summed E-state index contributed by atoms with van der Waals surface area (Å²) in [5, 5.41) is 0. The average Bonchev–Trinajstić information content (AvgIpc) is 2.47. The molecule has 1 atom stereocenters. The highest BCUT2D eigenvalue weighted by Crippen LogP contribution is 2.21. The molecule has 2 nitrogen and oxygen atoms in total. The van der Waals surface area contributed by atoms with Crippen molar-refractivity contribution in [3.63, 3.8) is 0 Å². The minimum atomic E-state index is -0.0871. The van der Waals surface area contributed by atoms with Crippen LogP contribution in [0.25, 0.3) is 0 Å². The van der Waals surface area contributed by atoms with Crippen molar-refractivity contribution in [1.82, 2.24) is 0 Å². The molecule has 2 rings (SSSR count). The lowest BCUT2D eigenvalue weighted by Crippen LogP contribution is -2.19. The van der Waals surface area contributed by atoms with Crippen molar-refractivity contribution in [3.05, 3.63) is 65.7 Å². The second-order valence-corrected chi connectivity index (χ2v) is 4.69. The first-order valence-corrected chi connectivity index (χ1v) is 6.82. The maximum absolute atomic E-state index is 6.14. The van der Waals surface area contributed by atoms with Crippen LogP contribution in [-0.4, -0.2) is 6.61 Å². The first-order chi connectivity index (χ1) is 9.31. The van der Waals surface area contributed by atoms with E-state index in [1.54, 1.807) is 0 Å². The Morgan fingerprint density at radius 3 is 2.42 bits per heavy atom. The molecule has 0 spiro atoms. The van der Waals surface area contributed by atoms with Crippen LogP contribution in [0.2, 0.25) is 0 Å². The van der Waals surface area contributed by atoms with Crippen LogP contribution >= 0.6 is 0 Å². The van der Waals surface area contributed by atoms with Gasteiger partial charge >= 0.3 is 0 Å². The Labute approximate surface area is 115 Å². The van der Waals surface area contributed by atoms with Gasteiger partial charge in [-0.1, -0.05) is 61.9 Å². The van der Waals surface area contributed by atoms with Gasteiger partial charge in [-0.25, -0.2) is 0 Å². The predicted molar refractivity (Wildman–Crippen MR) is 79.3 cm³/mol. The lowest BCUT2D eigenvalue weighted by atomic mass is 10.1. The van der Waals surface area contributed by atoms with Gasteiger partial charge in [0.1, 0.15) is 12.4 Å². The summed E-state index contributed by atoms with van der Waals surface area (Å²) < 4.78 is 5.88.